The van der Waals surface area contributed by atoms with E-state index in [9.17, 15) is 0 Å². The highest BCUT2D eigenvalue weighted by Crippen LogP contribution is 2.33. The van der Waals surface area contributed by atoms with Crippen molar-refractivity contribution in [3.05, 3.63) is 46.6 Å². The van der Waals surface area contributed by atoms with E-state index in [1.54, 1.807) is 29.7 Å². The molecule has 0 aliphatic rings. The lowest BCUT2D eigenvalue weighted by molar-refractivity contribution is 0.415. The largest absolute Gasteiger partial charge is 0.495 e. The van der Waals surface area contributed by atoms with Crippen molar-refractivity contribution in [3.8, 4) is 17.0 Å². The van der Waals surface area contributed by atoms with Crippen LogP contribution in [0, 0.1) is 0 Å². The molecule has 0 amide bonds. The molecule has 0 bridgehead atoms. The summed E-state index contributed by atoms with van der Waals surface area (Å²) in [6.07, 6.45) is 1.82. The Kier molecular flexibility index (Phi) is 3.20. The number of nitrogens with zero attached hydrogens (tertiary/aromatic N) is 2. The van der Waals surface area contributed by atoms with Crippen molar-refractivity contribution in [2.75, 3.05) is 12.8 Å². The number of anilines is 1. The molecule has 3 rings (SSSR count). The first-order chi connectivity index (χ1) is 9.61. The fourth-order valence-corrected chi connectivity index (χ4v) is 2.54. The number of fused-ring (bicyclic) bond motifs is 1. The second kappa shape index (κ2) is 4.89. The first-order valence-corrected chi connectivity index (χ1v) is 6.63. The Labute approximate surface area is 125 Å². The van der Waals surface area contributed by atoms with E-state index < -0.39 is 0 Å². The highest BCUT2D eigenvalue weighted by molar-refractivity contribution is 6.33. The highest BCUT2D eigenvalue weighted by atomic mass is 35.5. The highest BCUT2D eigenvalue weighted by Gasteiger charge is 2.14. The normalized spacial score (nSPS) is 10.9. The smallest absolute Gasteiger partial charge is 0.157 e. The van der Waals surface area contributed by atoms with Crippen LogP contribution in [0.5, 0.6) is 5.75 Å². The van der Waals surface area contributed by atoms with Gasteiger partial charge < -0.3 is 10.5 Å². The van der Waals surface area contributed by atoms with Crippen molar-refractivity contribution in [2.45, 2.75) is 0 Å². The average molecular weight is 308 g/mol. The second-order valence-corrected chi connectivity index (χ2v) is 5.06. The number of pyridine rings is 1. The molecule has 6 heteroatoms. The van der Waals surface area contributed by atoms with Gasteiger partial charge in [0.05, 0.1) is 17.2 Å². The first kappa shape index (κ1) is 13.1. The molecule has 3 aromatic rings. The minimum Gasteiger partial charge on any atom is -0.495 e. The lowest BCUT2D eigenvalue weighted by Gasteiger charge is -2.05. The molecule has 2 heterocycles. The molecule has 102 valence electrons. The maximum atomic E-state index is 6.14. The molecular weight excluding hydrogens is 297 g/mol. The van der Waals surface area contributed by atoms with Crippen LogP contribution < -0.4 is 10.5 Å². The summed E-state index contributed by atoms with van der Waals surface area (Å²) < 4.78 is 6.88. The molecule has 1 aromatic carbocycles. The van der Waals surface area contributed by atoms with Crippen molar-refractivity contribution in [1.82, 2.24) is 9.38 Å². The summed E-state index contributed by atoms with van der Waals surface area (Å²) in [6.45, 7) is 0. The fraction of sp³-hybridized carbons (Fsp3) is 0.0714. The Bertz CT molecular complexity index is 798. The molecule has 0 saturated heterocycles. The Morgan fingerprint density at radius 1 is 1.20 bits per heavy atom. The van der Waals surface area contributed by atoms with Gasteiger partial charge in [0.2, 0.25) is 0 Å². The predicted molar refractivity (Wildman–Crippen MR) is 81.6 cm³/mol. The molecule has 4 nitrogen and oxygen atoms in total. The Balaban J connectivity index is 2.22. The standard InChI is InChI=1S/C14H11Cl2N3O/c1-20-11-5-4-8(7-10(11)16)12-13(17)19-6-2-3-9(15)14(19)18-12/h2-7H,17H2,1H3. The van der Waals surface area contributed by atoms with Crippen LogP contribution in [0.25, 0.3) is 16.9 Å². The van der Waals surface area contributed by atoms with Gasteiger partial charge in [0.1, 0.15) is 17.3 Å². The van der Waals surface area contributed by atoms with E-state index >= 15 is 0 Å². The van der Waals surface area contributed by atoms with E-state index in [0.717, 1.165) is 5.56 Å². The van der Waals surface area contributed by atoms with Crippen molar-refractivity contribution < 1.29 is 4.74 Å². The number of methoxy groups -OCH3 is 1. The number of rotatable bonds is 2. The molecule has 0 unspecified atom stereocenters. The molecule has 2 N–H and O–H groups in total. The molecule has 0 atom stereocenters. The van der Waals surface area contributed by atoms with Crippen LogP contribution >= 0.6 is 23.2 Å². The quantitative estimate of drug-likeness (QED) is 0.781. The van der Waals surface area contributed by atoms with Gasteiger partial charge in [-0.2, -0.15) is 0 Å². The summed E-state index contributed by atoms with van der Waals surface area (Å²) in [6, 6.07) is 9.00. The number of nitrogen functional groups attached to an aromatic ring is 1. The van der Waals surface area contributed by atoms with E-state index in [-0.39, 0.29) is 0 Å². The van der Waals surface area contributed by atoms with Gasteiger partial charge in [-0.1, -0.05) is 23.2 Å². The number of imidazole rings is 1. The number of nitrogens with two attached hydrogens (primary N) is 1. The first-order valence-electron chi connectivity index (χ1n) is 5.88. The lowest BCUT2D eigenvalue weighted by Crippen LogP contribution is -1.94. The summed E-state index contributed by atoms with van der Waals surface area (Å²) in [4.78, 5) is 4.49. The molecule has 20 heavy (non-hydrogen) atoms. The monoisotopic (exact) mass is 307 g/mol. The maximum absolute atomic E-state index is 6.14. The van der Waals surface area contributed by atoms with Crippen LogP contribution in [0.2, 0.25) is 10.0 Å². The Morgan fingerprint density at radius 3 is 2.65 bits per heavy atom. The van der Waals surface area contributed by atoms with Crippen LogP contribution in [0.3, 0.4) is 0 Å². The SMILES string of the molecule is COc1ccc(-c2nc3c(Cl)cccn3c2N)cc1Cl. The third-order valence-electron chi connectivity index (χ3n) is 3.06. The van der Waals surface area contributed by atoms with E-state index in [1.165, 1.54) is 0 Å². The number of hydrogen-bond acceptors (Lipinski definition) is 3. The van der Waals surface area contributed by atoms with Crippen LogP contribution in [-0.2, 0) is 0 Å². The van der Waals surface area contributed by atoms with Crippen LogP contribution in [-0.4, -0.2) is 16.5 Å². The summed E-state index contributed by atoms with van der Waals surface area (Å²) in [5.74, 6) is 1.12. The molecule has 0 saturated carbocycles. The van der Waals surface area contributed by atoms with E-state index in [0.29, 0.717) is 33.0 Å². The summed E-state index contributed by atoms with van der Waals surface area (Å²) >= 11 is 12.3. The summed E-state index contributed by atoms with van der Waals surface area (Å²) in [5, 5.41) is 1.05. The molecule has 2 aromatic heterocycles. The molecule has 0 spiro atoms. The van der Waals surface area contributed by atoms with E-state index in [4.69, 9.17) is 33.7 Å². The van der Waals surface area contributed by atoms with Crippen molar-refractivity contribution >= 4 is 34.7 Å². The van der Waals surface area contributed by atoms with Crippen molar-refractivity contribution in [2.24, 2.45) is 0 Å². The fourth-order valence-electron chi connectivity index (χ4n) is 2.08. The lowest BCUT2D eigenvalue weighted by atomic mass is 10.1. The third-order valence-corrected chi connectivity index (χ3v) is 3.65. The van der Waals surface area contributed by atoms with Crippen molar-refractivity contribution in [1.29, 1.82) is 0 Å². The van der Waals surface area contributed by atoms with Gasteiger partial charge in [0.15, 0.2) is 5.65 Å². The maximum Gasteiger partial charge on any atom is 0.157 e. The topological polar surface area (TPSA) is 52.5 Å². The number of hydrogen-bond donors (Lipinski definition) is 1. The predicted octanol–water partition coefficient (Wildman–Crippen LogP) is 3.90. The number of aromatic nitrogens is 2. The Hall–Kier alpha value is -1.91. The molecule has 0 radical (unpaired) electrons. The van der Waals surface area contributed by atoms with Crippen molar-refractivity contribution in [3.63, 3.8) is 0 Å². The number of ether oxygens (including phenoxy) is 1. The molecule has 0 fully saturated rings. The number of benzene rings is 1. The second-order valence-electron chi connectivity index (χ2n) is 4.24. The zero-order valence-electron chi connectivity index (χ0n) is 10.6. The number of halogens is 2. The Morgan fingerprint density at radius 2 is 2.00 bits per heavy atom. The van der Waals surface area contributed by atoms with Crippen LogP contribution in [0.15, 0.2) is 36.5 Å². The minimum absolute atomic E-state index is 0.507. The van der Waals surface area contributed by atoms with Gasteiger partial charge in [0, 0.05) is 11.8 Å². The van der Waals surface area contributed by atoms with Gasteiger partial charge in [-0.3, -0.25) is 4.40 Å². The third kappa shape index (κ3) is 1.97. The van der Waals surface area contributed by atoms with Gasteiger partial charge in [-0.15, -0.1) is 0 Å². The molecule has 0 aliphatic carbocycles. The van der Waals surface area contributed by atoms with E-state index in [1.807, 2.05) is 18.3 Å². The van der Waals surface area contributed by atoms with E-state index in [2.05, 4.69) is 4.98 Å². The van der Waals surface area contributed by atoms with Gasteiger partial charge in [0.25, 0.3) is 0 Å². The van der Waals surface area contributed by atoms with Gasteiger partial charge >= 0.3 is 0 Å². The van der Waals surface area contributed by atoms with Crippen LogP contribution in [0.4, 0.5) is 5.82 Å². The average Bonchev–Trinajstić information content (AvgIpc) is 2.78. The zero-order valence-corrected chi connectivity index (χ0v) is 12.1. The van der Waals surface area contributed by atoms with Gasteiger partial charge in [-0.05, 0) is 30.3 Å². The molecule has 0 aliphatic heterocycles. The van der Waals surface area contributed by atoms with Crippen LogP contribution in [0.1, 0.15) is 0 Å². The minimum atomic E-state index is 0.507. The molecular formula is C14H11Cl2N3O. The summed E-state index contributed by atoms with van der Waals surface area (Å²) in [7, 11) is 1.57. The van der Waals surface area contributed by atoms with Gasteiger partial charge in [-0.25, -0.2) is 4.98 Å². The zero-order chi connectivity index (χ0) is 14.3. The summed E-state index contributed by atoms with van der Waals surface area (Å²) in [5.41, 5.74) is 8.20.